The van der Waals surface area contributed by atoms with E-state index >= 15 is 0 Å². The standard InChI is InChI=1S/C22H20N8O2/c23-21-19(30(31)32)6-4-16(27-21)2-1-8-26-22-28-18(13-20-25-10-11-29(20)22)14-3-5-17-15(12-14)7-9-24-17/h3-7,9-13,24H,1-2,8H2,(H2,23,27)(H,26,28). The van der Waals surface area contributed by atoms with Gasteiger partial charge < -0.3 is 16.0 Å². The Hall–Kier alpha value is -4.47. The Bertz CT molecular complexity index is 1440. The summed E-state index contributed by atoms with van der Waals surface area (Å²) >= 11 is 0. The SMILES string of the molecule is Nc1nc(CCCNc2nc(-c3ccc4[nH]ccc4c3)cc3nccn23)ccc1[N+](=O)[O-]. The molecule has 4 heterocycles. The van der Waals surface area contributed by atoms with E-state index in [1.165, 1.54) is 6.07 Å². The van der Waals surface area contributed by atoms with Crippen molar-refractivity contribution in [1.29, 1.82) is 0 Å². The van der Waals surface area contributed by atoms with Crippen molar-refractivity contribution < 1.29 is 4.92 Å². The van der Waals surface area contributed by atoms with Gasteiger partial charge in [0.25, 0.3) is 0 Å². The molecule has 0 radical (unpaired) electrons. The lowest BCUT2D eigenvalue weighted by atomic mass is 10.1. The Morgan fingerprint density at radius 3 is 2.91 bits per heavy atom. The number of anilines is 2. The van der Waals surface area contributed by atoms with E-state index in [2.05, 4.69) is 26.3 Å². The van der Waals surface area contributed by atoms with Crippen molar-refractivity contribution in [3.8, 4) is 11.3 Å². The number of fused-ring (bicyclic) bond motifs is 2. The number of aryl methyl sites for hydroxylation is 1. The Morgan fingerprint density at radius 2 is 2.06 bits per heavy atom. The molecule has 0 saturated carbocycles. The lowest BCUT2D eigenvalue weighted by Gasteiger charge is -2.11. The molecule has 0 atom stereocenters. The van der Waals surface area contributed by atoms with Crippen molar-refractivity contribution in [1.82, 2.24) is 24.3 Å². The summed E-state index contributed by atoms with van der Waals surface area (Å²) in [6.45, 7) is 0.638. The van der Waals surface area contributed by atoms with Crippen molar-refractivity contribution in [3.05, 3.63) is 76.9 Å². The maximum Gasteiger partial charge on any atom is 0.311 e. The molecule has 0 aliphatic rings. The second-order valence-corrected chi connectivity index (χ2v) is 7.39. The molecule has 0 aliphatic carbocycles. The minimum Gasteiger partial charge on any atom is -0.378 e. The van der Waals surface area contributed by atoms with Gasteiger partial charge in [-0.2, -0.15) is 0 Å². The first-order chi connectivity index (χ1) is 15.6. The van der Waals surface area contributed by atoms with Gasteiger partial charge in [-0.1, -0.05) is 6.07 Å². The smallest absolute Gasteiger partial charge is 0.311 e. The molecule has 10 nitrogen and oxygen atoms in total. The maximum absolute atomic E-state index is 10.9. The second kappa shape index (κ2) is 7.99. The molecule has 10 heteroatoms. The molecular weight excluding hydrogens is 408 g/mol. The molecule has 160 valence electrons. The second-order valence-electron chi connectivity index (χ2n) is 7.39. The number of nitrogens with one attached hydrogen (secondary N) is 2. The fraction of sp³-hybridized carbons (Fsp3) is 0.136. The van der Waals surface area contributed by atoms with Crippen molar-refractivity contribution >= 4 is 34.0 Å². The van der Waals surface area contributed by atoms with Crippen LogP contribution in [0.3, 0.4) is 0 Å². The molecule has 0 bridgehead atoms. The number of nitro groups is 1. The predicted molar refractivity (Wildman–Crippen MR) is 122 cm³/mol. The number of nitrogens with zero attached hydrogens (tertiary/aromatic N) is 5. The quantitative estimate of drug-likeness (QED) is 0.203. The van der Waals surface area contributed by atoms with Gasteiger partial charge in [0.2, 0.25) is 11.8 Å². The third-order valence-corrected chi connectivity index (χ3v) is 5.29. The van der Waals surface area contributed by atoms with Crippen LogP contribution in [0, 0.1) is 10.1 Å². The van der Waals surface area contributed by atoms with Crippen LogP contribution in [0.1, 0.15) is 12.1 Å². The number of benzene rings is 1. The number of nitrogen functional groups attached to an aromatic ring is 1. The van der Waals surface area contributed by atoms with Crippen LogP contribution in [-0.2, 0) is 6.42 Å². The lowest BCUT2D eigenvalue weighted by Crippen LogP contribution is -2.10. The lowest BCUT2D eigenvalue weighted by molar-refractivity contribution is -0.384. The molecule has 1 aromatic carbocycles. The summed E-state index contributed by atoms with van der Waals surface area (Å²) in [6, 6.07) is 13.2. The van der Waals surface area contributed by atoms with Crippen LogP contribution in [0.5, 0.6) is 0 Å². The molecule has 4 N–H and O–H groups in total. The fourth-order valence-electron chi connectivity index (χ4n) is 3.68. The van der Waals surface area contributed by atoms with Gasteiger partial charge in [-0.25, -0.2) is 15.0 Å². The Kier molecular flexibility index (Phi) is 4.86. The predicted octanol–water partition coefficient (Wildman–Crippen LogP) is 3.81. The minimum atomic E-state index is -0.531. The van der Waals surface area contributed by atoms with Crippen LogP contribution in [0.25, 0.3) is 27.8 Å². The normalized spacial score (nSPS) is 11.2. The maximum atomic E-state index is 10.9. The number of aromatic nitrogens is 5. The van der Waals surface area contributed by atoms with Gasteiger partial charge >= 0.3 is 5.69 Å². The fourth-order valence-corrected chi connectivity index (χ4v) is 3.68. The van der Waals surface area contributed by atoms with Gasteiger partial charge in [0, 0.05) is 59.4 Å². The Morgan fingerprint density at radius 1 is 1.16 bits per heavy atom. The summed E-state index contributed by atoms with van der Waals surface area (Å²) < 4.78 is 1.90. The molecule has 5 rings (SSSR count). The number of pyridine rings is 1. The highest BCUT2D eigenvalue weighted by atomic mass is 16.6. The zero-order valence-electron chi connectivity index (χ0n) is 17.0. The summed E-state index contributed by atoms with van der Waals surface area (Å²) in [4.78, 5) is 26.9. The summed E-state index contributed by atoms with van der Waals surface area (Å²) in [5, 5.41) is 15.4. The average molecular weight is 428 g/mol. The van der Waals surface area contributed by atoms with E-state index in [1.54, 1.807) is 12.3 Å². The van der Waals surface area contributed by atoms with Crippen molar-refractivity contribution in [2.75, 3.05) is 17.6 Å². The van der Waals surface area contributed by atoms with Gasteiger partial charge in [0.1, 0.15) is 5.65 Å². The first kappa shape index (κ1) is 19.5. The molecule has 0 fully saturated rings. The number of hydrogen-bond acceptors (Lipinski definition) is 7. The highest BCUT2D eigenvalue weighted by Crippen LogP contribution is 2.25. The van der Waals surface area contributed by atoms with Crippen LogP contribution >= 0.6 is 0 Å². The van der Waals surface area contributed by atoms with Crippen LogP contribution in [0.4, 0.5) is 17.5 Å². The first-order valence-corrected chi connectivity index (χ1v) is 10.1. The van der Waals surface area contributed by atoms with E-state index in [9.17, 15) is 10.1 Å². The molecule has 0 spiro atoms. The number of hydrogen-bond donors (Lipinski definition) is 3. The highest BCUT2D eigenvalue weighted by Gasteiger charge is 2.13. The van der Waals surface area contributed by atoms with E-state index in [4.69, 9.17) is 10.7 Å². The van der Waals surface area contributed by atoms with Crippen LogP contribution < -0.4 is 11.1 Å². The van der Waals surface area contributed by atoms with Crippen LogP contribution in [-0.4, -0.2) is 35.8 Å². The molecule has 0 aliphatic heterocycles. The molecule has 0 unspecified atom stereocenters. The third kappa shape index (κ3) is 3.69. The zero-order valence-corrected chi connectivity index (χ0v) is 17.0. The monoisotopic (exact) mass is 428 g/mol. The van der Waals surface area contributed by atoms with Crippen molar-refractivity contribution in [2.45, 2.75) is 12.8 Å². The number of nitrogens with two attached hydrogens (primary N) is 1. The highest BCUT2D eigenvalue weighted by molar-refractivity contribution is 5.84. The van der Waals surface area contributed by atoms with Crippen molar-refractivity contribution in [3.63, 3.8) is 0 Å². The van der Waals surface area contributed by atoms with Crippen molar-refractivity contribution in [2.24, 2.45) is 0 Å². The average Bonchev–Trinajstić information content (AvgIpc) is 3.45. The molecule has 32 heavy (non-hydrogen) atoms. The number of rotatable bonds is 7. The third-order valence-electron chi connectivity index (χ3n) is 5.29. The van der Waals surface area contributed by atoms with E-state index in [0.717, 1.165) is 34.2 Å². The van der Waals surface area contributed by atoms with E-state index < -0.39 is 4.92 Å². The van der Waals surface area contributed by atoms with E-state index in [-0.39, 0.29) is 11.5 Å². The van der Waals surface area contributed by atoms with Gasteiger partial charge in [-0.3, -0.25) is 14.5 Å². The van der Waals surface area contributed by atoms with E-state index in [0.29, 0.717) is 24.6 Å². The summed E-state index contributed by atoms with van der Waals surface area (Å²) in [7, 11) is 0. The number of imidazole rings is 1. The minimum absolute atomic E-state index is 0.0608. The van der Waals surface area contributed by atoms with E-state index in [1.807, 2.05) is 41.1 Å². The molecule has 0 amide bonds. The van der Waals surface area contributed by atoms with Crippen LogP contribution in [0.15, 0.2) is 61.1 Å². The molecule has 5 aromatic rings. The van der Waals surface area contributed by atoms with Gasteiger partial charge in [-0.05, 0) is 37.1 Å². The molecule has 0 saturated heterocycles. The topological polar surface area (TPSA) is 140 Å². The largest absolute Gasteiger partial charge is 0.378 e. The van der Waals surface area contributed by atoms with Gasteiger partial charge in [-0.15, -0.1) is 0 Å². The zero-order chi connectivity index (χ0) is 22.1. The summed E-state index contributed by atoms with van der Waals surface area (Å²) in [5.74, 6) is 0.634. The molecule has 4 aromatic heterocycles. The van der Waals surface area contributed by atoms with Gasteiger partial charge in [0.15, 0.2) is 0 Å². The van der Waals surface area contributed by atoms with Crippen LogP contribution in [0.2, 0.25) is 0 Å². The number of aromatic amines is 1. The number of H-pyrrole nitrogens is 1. The first-order valence-electron chi connectivity index (χ1n) is 10.1. The molecular formula is C22H20N8O2. The summed E-state index contributed by atoms with van der Waals surface area (Å²) in [5.41, 5.74) is 9.94. The Labute approximate surface area is 182 Å². The summed E-state index contributed by atoms with van der Waals surface area (Å²) in [6.07, 6.45) is 6.90. The van der Waals surface area contributed by atoms with Gasteiger partial charge in [0.05, 0.1) is 10.6 Å². The Balaban J connectivity index is 1.32.